The van der Waals surface area contributed by atoms with Gasteiger partial charge in [-0.3, -0.25) is 4.99 Å². The van der Waals surface area contributed by atoms with Gasteiger partial charge in [-0.2, -0.15) is 0 Å². The van der Waals surface area contributed by atoms with E-state index in [9.17, 15) is 0 Å². The average molecular weight is 382 g/mol. The van der Waals surface area contributed by atoms with Crippen molar-refractivity contribution in [3.05, 3.63) is 22.7 Å². The first-order chi connectivity index (χ1) is 12.7. The number of ether oxygens (including phenoxy) is 3. The molecule has 7 heteroatoms. The lowest BCUT2D eigenvalue weighted by atomic mass is 9.83. The summed E-state index contributed by atoms with van der Waals surface area (Å²) in [5.74, 6) is 2.11. The highest BCUT2D eigenvalue weighted by atomic mass is 35.5. The second kappa shape index (κ2) is 8.82. The molecule has 1 fully saturated rings. The van der Waals surface area contributed by atoms with E-state index in [-0.39, 0.29) is 6.79 Å². The minimum atomic E-state index is 0.221. The highest BCUT2D eigenvalue weighted by Gasteiger charge is 2.33. The predicted molar refractivity (Wildman–Crippen MR) is 103 cm³/mol. The average Bonchev–Trinajstić information content (AvgIpc) is 3.30. The predicted octanol–water partition coefficient (Wildman–Crippen LogP) is 3.33. The second-order valence-electron chi connectivity index (χ2n) is 7.04. The summed E-state index contributed by atoms with van der Waals surface area (Å²) in [5, 5.41) is 7.42. The van der Waals surface area contributed by atoms with Crippen molar-refractivity contribution in [3.63, 3.8) is 0 Å². The lowest BCUT2D eigenvalue weighted by Crippen LogP contribution is -2.43. The van der Waals surface area contributed by atoms with Crippen molar-refractivity contribution in [2.45, 2.75) is 38.6 Å². The van der Waals surface area contributed by atoms with Gasteiger partial charge >= 0.3 is 0 Å². The van der Waals surface area contributed by atoms with Gasteiger partial charge in [0.05, 0.1) is 5.02 Å². The lowest BCUT2D eigenvalue weighted by molar-refractivity contribution is 0.138. The Morgan fingerprint density at radius 3 is 2.81 bits per heavy atom. The fourth-order valence-corrected chi connectivity index (χ4v) is 4.05. The molecule has 1 aromatic rings. The Morgan fingerprint density at radius 2 is 2.08 bits per heavy atom. The van der Waals surface area contributed by atoms with E-state index in [1.165, 1.54) is 25.7 Å². The van der Waals surface area contributed by atoms with Crippen molar-refractivity contribution in [2.24, 2.45) is 10.4 Å². The molecule has 144 valence electrons. The molecule has 0 radical (unpaired) electrons. The van der Waals surface area contributed by atoms with E-state index < -0.39 is 0 Å². The minimum absolute atomic E-state index is 0.221. The molecule has 1 saturated carbocycles. The fourth-order valence-electron chi connectivity index (χ4n) is 3.76. The van der Waals surface area contributed by atoms with E-state index >= 15 is 0 Å². The van der Waals surface area contributed by atoms with Crippen LogP contribution in [0.5, 0.6) is 11.5 Å². The van der Waals surface area contributed by atoms with E-state index in [1.807, 2.05) is 12.1 Å². The number of methoxy groups -OCH3 is 1. The van der Waals surface area contributed by atoms with E-state index in [4.69, 9.17) is 25.8 Å². The van der Waals surface area contributed by atoms with Gasteiger partial charge in [0, 0.05) is 33.9 Å². The standard InChI is InChI=1S/C19H28ClN3O3/c1-21-18(23-12-19(7-8-24-2)5-3-4-6-19)22-11-14-9-15(20)17-16(10-14)25-13-26-17/h9-10H,3-8,11-13H2,1-2H3,(H2,21,22,23). The van der Waals surface area contributed by atoms with Gasteiger partial charge in [0.25, 0.3) is 0 Å². The molecule has 2 N–H and O–H groups in total. The van der Waals surface area contributed by atoms with Crippen LogP contribution in [-0.4, -0.2) is 40.1 Å². The largest absolute Gasteiger partial charge is 0.454 e. The van der Waals surface area contributed by atoms with E-state index in [2.05, 4.69) is 15.6 Å². The number of nitrogens with zero attached hydrogens (tertiary/aromatic N) is 1. The van der Waals surface area contributed by atoms with Crippen LogP contribution in [0, 0.1) is 5.41 Å². The second-order valence-corrected chi connectivity index (χ2v) is 7.45. The van der Waals surface area contributed by atoms with Gasteiger partial charge < -0.3 is 24.8 Å². The van der Waals surface area contributed by atoms with Crippen molar-refractivity contribution < 1.29 is 14.2 Å². The number of benzene rings is 1. The molecule has 3 rings (SSSR count). The number of halogens is 1. The van der Waals surface area contributed by atoms with Crippen LogP contribution in [0.25, 0.3) is 0 Å². The van der Waals surface area contributed by atoms with Crippen molar-refractivity contribution >= 4 is 17.6 Å². The topological polar surface area (TPSA) is 64.1 Å². The van der Waals surface area contributed by atoms with Crippen molar-refractivity contribution in [1.82, 2.24) is 10.6 Å². The van der Waals surface area contributed by atoms with Gasteiger partial charge in [-0.05, 0) is 42.4 Å². The highest BCUT2D eigenvalue weighted by molar-refractivity contribution is 6.32. The first-order valence-electron chi connectivity index (χ1n) is 9.17. The molecule has 1 aliphatic carbocycles. The van der Waals surface area contributed by atoms with Crippen LogP contribution in [0.4, 0.5) is 0 Å². The van der Waals surface area contributed by atoms with E-state index in [0.717, 1.165) is 31.1 Å². The third kappa shape index (κ3) is 4.54. The summed E-state index contributed by atoms with van der Waals surface area (Å²) in [6, 6.07) is 3.85. The number of guanidine groups is 1. The molecular formula is C19H28ClN3O3. The van der Waals surface area contributed by atoms with Crippen LogP contribution in [-0.2, 0) is 11.3 Å². The molecule has 0 bridgehead atoms. The van der Waals surface area contributed by atoms with Gasteiger partial charge in [0.2, 0.25) is 6.79 Å². The SMILES string of the molecule is CN=C(NCc1cc(Cl)c2c(c1)OCO2)NCC1(CCOC)CCCC1. The van der Waals surface area contributed by atoms with Gasteiger partial charge in [-0.15, -0.1) is 0 Å². The fraction of sp³-hybridized carbons (Fsp3) is 0.632. The van der Waals surface area contributed by atoms with Gasteiger partial charge in [-0.25, -0.2) is 0 Å². The Hall–Kier alpha value is -1.66. The number of aliphatic imine (C=N–C) groups is 1. The zero-order valence-corrected chi connectivity index (χ0v) is 16.3. The van der Waals surface area contributed by atoms with Gasteiger partial charge in [0.1, 0.15) is 0 Å². The molecule has 0 spiro atoms. The molecule has 0 amide bonds. The Kier molecular flexibility index (Phi) is 6.48. The monoisotopic (exact) mass is 381 g/mol. The summed E-state index contributed by atoms with van der Waals surface area (Å²) >= 11 is 6.25. The maximum atomic E-state index is 6.25. The number of nitrogens with one attached hydrogen (secondary N) is 2. The molecular weight excluding hydrogens is 354 g/mol. The van der Waals surface area contributed by atoms with Gasteiger partial charge in [0.15, 0.2) is 17.5 Å². The van der Waals surface area contributed by atoms with Crippen LogP contribution in [0.3, 0.4) is 0 Å². The van der Waals surface area contributed by atoms with E-state index in [0.29, 0.717) is 28.5 Å². The highest BCUT2D eigenvalue weighted by Crippen LogP contribution is 2.41. The maximum Gasteiger partial charge on any atom is 0.231 e. The molecule has 1 heterocycles. The molecule has 26 heavy (non-hydrogen) atoms. The third-order valence-electron chi connectivity index (χ3n) is 5.30. The molecule has 2 aliphatic rings. The summed E-state index contributed by atoms with van der Waals surface area (Å²) in [6.07, 6.45) is 6.18. The Bertz CT molecular complexity index is 645. The summed E-state index contributed by atoms with van der Waals surface area (Å²) < 4.78 is 16.1. The van der Waals surface area contributed by atoms with Crippen LogP contribution < -0.4 is 20.1 Å². The molecule has 1 aliphatic heterocycles. The lowest BCUT2D eigenvalue weighted by Gasteiger charge is -2.30. The van der Waals surface area contributed by atoms with Crippen LogP contribution >= 0.6 is 11.6 Å². The Labute approximate surface area is 160 Å². The van der Waals surface area contributed by atoms with Crippen LogP contribution in [0.15, 0.2) is 17.1 Å². The van der Waals surface area contributed by atoms with Crippen molar-refractivity contribution in [1.29, 1.82) is 0 Å². The van der Waals surface area contributed by atoms with Crippen molar-refractivity contribution in [3.8, 4) is 11.5 Å². The minimum Gasteiger partial charge on any atom is -0.454 e. The molecule has 0 atom stereocenters. The smallest absolute Gasteiger partial charge is 0.231 e. The number of hydrogen-bond acceptors (Lipinski definition) is 4. The zero-order valence-electron chi connectivity index (χ0n) is 15.6. The summed E-state index contributed by atoms with van der Waals surface area (Å²) in [7, 11) is 3.56. The number of rotatable bonds is 7. The Balaban J connectivity index is 1.54. The first-order valence-corrected chi connectivity index (χ1v) is 9.55. The van der Waals surface area contributed by atoms with E-state index in [1.54, 1.807) is 14.2 Å². The summed E-state index contributed by atoms with van der Waals surface area (Å²) in [6.45, 7) is 2.56. The summed E-state index contributed by atoms with van der Waals surface area (Å²) in [4.78, 5) is 4.34. The van der Waals surface area contributed by atoms with Crippen molar-refractivity contribution in [2.75, 3.05) is 34.1 Å². The van der Waals surface area contributed by atoms with Gasteiger partial charge in [-0.1, -0.05) is 24.4 Å². The number of hydrogen-bond donors (Lipinski definition) is 2. The van der Waals surface area contributed by atoms with Crippen LogP contribution in [0.2, 0.25) is 5.02 Å². The maximum absolute atomic E-state index is 6.25. The molecule has 6 nitrogen and oxygen atoms in total. The molecule has 0 unspecified atom stereocenters. The molecule has 0 aromatic heterocycles. The molecule has 0 saturated heterocycles. The third-order valence-corrected chi connectivity index (χ3v) is 5.58. The van der Waals surface area contributed by atoms with Crippen LogP contribution in [0.1, 0.15) is 37.7 Å². The Morgan fingerprint density at radius 1 is 1.27 bits per heavy atom. The number of fused-ring (bicyclic) bond motifs is 1. The molecule has 1 aromatic carbocycles. The first kappa shape index (κ1) is 19.1. The normalized spacial score (nSPS) is 18.2. The quantitative estimate of drug-likeness (QED) is 0.560. The summed E-state index contributed by atoms with van der Waals surface area (Å²) in [5.41, 5.74) is 1.34. The zero-order chi connectivity index (χ0) is 18.4.